The Balaban J connectivity index is 1.47. The van der Waals surface area contributed by atoms with E-state index in [9.17, 15) is 8.42 Å². The highest BCUT2D eigenvalue weighted by Gasteiger charge is 2.25. The molecule has 0 amide bonds. The Morgan fingerprint density at radius 3 is 2.35 bits per heavy atom. The summed E-state index contributed by atoms with van der Waals surface area (Å²) in [6, 6.07) is 18.6. The zero-order chi connectivity index (χ0) is 23.5. The Labute approximate surface area is 198 Å². The van der Waals surface area contributed by atoms with Crippen molar-refractivity contribution in [2.45, 2.75) is 24.5 Å². The summed E-state index contributed by atoms with van der Waals surface area (Å²) in [5, 5.41) is 0. The summed E-state index contributed by atoms with van der Waals surface area (Å²) in [6.07, 6.45) is 5.23. The highest BCUT2D eigenvalue weighted by Crippen LogP contribution is 2.31. The van der Waals surface area contributed by atoms with Gasteiger partial charge in [-0.3, -0.25) is 0 Å². The lowest BCUT2D eigenvalue weighted by Crippen LogP contribution is -2.32. The van der Waals surface area contributed by atoms with Crippen LogP contribution in [-0.4, -0.2) is 41.2 Å². The molecule has 172 valence electrons. The summed E-state index contributed by atoms with van der Waals surface area (Å²) in [4.78, 5) is 20.5. The number of fused-ring (bicyclic) bond motifs is 1. The van der Waals surface area contributed by atoms with Crippen molar-refractivity contribution < 1.29 is 13.2 Å². The number of ether oxygens (including phenoxy) is 1. The average molecular weight is 474 g/mol. The van der Waals surface area contributed by atoms with E-state index in [2.05, 4.69) is 19.9 Å². The number of rotatable bonds is 6. The van der Waals surface area contributed by atoms with E-state index in [1.807, 2.05) is 42.5 Å². The van der Waals surface area contributed by atoms with Crippen molar-refractivity contribution >= 4 is 15.5 Å². The largest absolute Gasteiger partial charge is 0.472 e. The van der Waals surface area contributed by atoms with Gasteiger partial charge in [0, 0.05) is 37.3 Å². The van der Waals surface area contributed by atoms with E-state index in [1.54, 1.807) is 30.6 Å². The molecule has 8 nitrogen and oxygen atoms in total. The van der Waals surface area contributed by atoms with Crippen LogP contribution in [0.15, 0.2) is 78.0 Å². The highest BCUT2D eigenvalue weighted by molar-refractivity contribution is 7.90. The van der Waals surface area contributed by atoms with E-state index in [-0.39, 0.29) is 0 Å². The molecule has 0 unspecified atom stereocenters. The van der Waals surface area contributed by atoms with Crippen LogP contribution in [0.3, 0.4) is 0 Å². The van der Waals surface area contributed by atoms with E-state index >= 15 is 0 Å². The molecule has 9 heteroatoms. The van der Waals surface area contributed by atoms with Crippen LogP contribution in [0.4, 0.5) is 5.69 Å². The Kier molecular flexibility index (Phi) is 5.93. The van der Waals surface area contributed by atoms with Gasteiger partial charge in [0.2, 0.25) is 11.7 Å². The van der Waals surface area contributed by atoms with Gasteiger partial charge >= 0.3 is 0 Å². The molecule has 1 aliphatic rings. The third kappa shape index (κ3) is 4.74. The molecule has 0 saturated carbocycles. The maximum Gasteiger partial charge on any atom is 0.222 e. The molecule has 1 aliphatic heterocycles. The van der Waals surface area contributed by atoms with E-state index in [4.69, 9.17) is 9.72 Å². The van der Waals surface area contributed by atoms with Crippen LogP contribution in [-0.2, 0) is 29.4 Å². The average Bonchev–Trinajstić information content (AvgIpc) is 2.87. The van der Waals surface area contributed by atoms with Gasteiger partial charge in [-0.25, -0.2) is 23.4 Å². The molecular weight excluding hydrogens is 450 g/mol. The first-order valence-electron chi connectivity index (χ1n) is 10.9. The fourth-order valence-electron chi connectivity index (χ4n) is 3.87. The molecular formula is C25H23N5O3S. The van der Waals surface area contributed by atoms with Crippen molar-refractivity contribution in [3.8, 4) is 17.5 Å². The minimum absolute atomic E-state index is 0.302. The molecule has 2 aromatic carbocycles. The number of benzene rings is 2. The lowest BCUT2D eigenvalue weighted by Gasteiger charge is -2.31. The van der Waals surface area contributed by atoms with Gasteiger partial charge in [0.15, 0.2) is 15.7 Å². The minimum atomic E-state index is -3.24. The summed E-state index contributed by atoms with van der Waals surface area (Å²) in [5.74, 6) is 1.40. The standard InChI is InChI=1S/C25H23N5O3S/c1-34(31,32)20-10-8-19(9-11-20)30-15-12-22-21(16-30)25(33-17-18-6-3-2-4-7-18)29-24(28-22)23-26-13-5-14-27-23/h2-11,13-14H,12,15-17H2,1H3. The SMILES string of the molecule is CS(=O)(=O)c1ccc(N2CCc3nc(-c4ncccn4)nc(OCc4ccccc4)c3C2)cc1. The molecule has 5 rings (SSSR count). The molecule has 0 N–H and O–H groups in total. The normalized spacial score (nSPS) is 13.4. The molecule has 2 aromatic heterocycles. The molecule has 0 fully saturated rings. The van der Waals surface area contributed by atoms with E-state index in [0.717, 1.165) is 29.1 Å². The predicted molar refractivity (Wildman–Crippen MR) is 128 cm³/mol. The van der Waals surface area contributed by atoms with E-state index in [1.165, 1.54) is 6.26 Å². The third-order valence-electron chi connectivity index (χ3n) is 5.64. The van der Waals surface area contributed by atoms with Crippen LogP contribution in [0.25, 0.3) is 11.6 Å². The molecule has 0 atom stereocenters. The van der Waals surface area contributed by atoms with Crippen molar-refractivity contribution in [1.29, 1.82) is 0 Å². The summed E-state index contributed by atoms with van der Waals surface area (Å²) >= 11 is 0. The second kappa shape index (κ2) is 9.18. The number of hydrogen-bond acceptors (Lipinski definition) is 8. The lowest BCUT2D eigenvalue weighted by molar-refractivity contribution is 0.288. The second-order valence-corrected chi connectivity index (χ2v) is 10.1. The topological polar surface area (TPSA) is 98.2 Å². The molecule has 34 heavy (non-hydrogen) atoms. The van der Waals surface area contributed by atoms with Crippen LogP contribution in [0.1, 0.15) is 16.8 Å². The maximum absolute atomic E-state index is 11.8. The molecule has 3 heterocycles. The number of nitrogens with zero attached hydrogens (tertiary/aromatic N) is 5. The highest BCUT2D eigenvalue weighted by atomic mass is 32.2. The smallest absolute Gasteiger partial charge is 0.222 e. The van der Waals surface area contributed by atoms with Crippen molar-refractivity contribution in [3.63, 3.8) is 0 Å². The zero-order valence-corrected chi connectivity index (χ0v) is 19.4. The Hall–Kier alpha value is -3.85. The van der Waals surface area contributed by atoms with Gasteiger partial charge in [0.1, 0.15) is 6.61 Å². The molecule has 4 aromatic rings. The maximum atomic E-state index is 11.8. The third-order valence-corrected chi connectivity index (χ3v) is 6.76. The Morgan fingerprint density at radius 1 is 0.912 bits per heavy atom. The zero-order valence-electron chi connectivity index (χ0n) is 18.6. The summed E-state index contributed by atoms with van der Waals surface area (Å²) < 4.78 is 29.8. The van der Waals surface area contributed by atoms with Crippen molar-refractivity contribution in [2.24, 2.45) is 0 Å². The molecule has 0 saturated heterocycles. The Bertz CT molecular complexity index is 1400. The van der Waals surface area contributed by atoms with Crippen LogP contribution in [0, 0.1) is 0 Å². The number of hydrogen-bond donors (Lipinski definition) is 0. The fraction of sp³-hybridized carbons (Fsp3) is 0.200. The van der Waals surface area contributed by atoms with Crippen molar-refractivity contribution in [1.82, 2.24) is 19.9 Å². The van der Waals surface area contributed by atoms with Crippen LogP contribution in [0.2, 0.25) is 0 Å². The molecule has 0 spiro atoms. The summed E-state index contributed by atoms with van der Waals surface area (Å²) in [6.45, 7) is 1.66. The second-order valence-electron chi connectivity index (χ2n) is 8.06. The first kappa shape index (κ1) is 22.0. The van der Waals surface area contributed by atoms with Crippen molar-refractivity contribution in [3.05, 3.63) is 89.9 Å². The van der Waals surface area contributed by atoms with Gasteiger partial charge in [-0.1, -0.05) is 30.3 Å². The molecule has 0 bridgehead atoms. The van der Waals surface area contributed by atoms with Gasteiger partial charge in [-0.05, 0) is 35.9 Å². The number of anilines is 1. The first-order chi connectivity index (χ1) is 16.5. The van der Waals surface area contributed by atoms with Crippen LogP contribution in [0.5, 0.6) is 5.88 Å². The monoisotopic (exact) mass is 473 g/mol. The van der Waals surface area contributed by atoms with Crippen LogP contribution < -0.4 is 9.64 Å². The van der Waals surface area contributed by atoms with Gasteiger partial charge in [-0.2, -0.15) is 4.98 Å². The van der Waals surface area contributed by atoms with Gasteiger partial charge < -0.3 is 9.64 Å². The van der Waals surface area contributed by atoms with Gasteiger partial charge in [0.25, 0.3) is 0 Å². The summed E-state index contributed by atoms with van der Waals surface area (Å²) in [5.41, 5.74) is 3.79. The Morgan fingerprint density at radius 2 is 1.65 bits per heavy atom. The van der Waals surface area contributed by atoms with E-state index < -0.39 is 9.84 Å². The number of aromatic nitrogens is 4. The van der Waals surface area contributed by atoms with Crippen molar-refractivity contribution in [2.75, 3.05) is 17.7 Å². The van der Waals surface area contributed by atoms with Gasteiger partial charge in [-0.15, -0.1) is 0 Å². The fourth-order valence-corrected chi connectivity index (χ4v) is 4.50. The quantitative estimate of drug-likeness (QED) is 0.420. The first-order valence-corrected chi connectivity index (χ1v) is 12.8. The van der Waals surface area contributed by atoms with Gasteiger partial charge in [0.05, 0.1) is 22.7 Å². The summed E-state index contributed by atoms with van der Waals surface area (Å²) in [7, 11) is -3.24. The molecule has 0 radical (unpaired) electrons. The molecule has 0 aliphatic carbocycles. The lowest BCUT2D eigenvalue weighted by atomic mass is 10.1. The predicted octanol–water partition coefficient (Wildman–Crippen LogP) is 3.48. The van der Waals surface area contributed by atoms with Crippen LogP contribution >= 0.6 is 0 Å². The van der Waals surface area contributed by atoms with E-state index in [0.29, 0.717) is 42.0 Å². The minimum Gasteiger partial charge on any atom is -0.472 e. The number of sulfone groups is 1.